The van der Waals surface area contributed by atoms with Gasteiger partial charge in [-0.05, 0) is 34.6 Å². The van der Waals surface area contributed by atoms with Crippen LogP contribution in [0.5, 0.6) is 0 Å². The fourth-order valence-corrected chi connectivity index (χ4v) is 1.44. The van der Waals surface area contributed by atoms with Crippen LogP contribution in [0.3, 0.4) is 0 Å². The molecule has 0 aliphatic rings. The Morgan fingerprint density at radius 1 is 1.56 bits per heavy atom. The molecule has 102 valence electrons. The van der Waals surface area contributed by atoms with Gasteiger partial charge in [0.15, 0.2) is 0 Å². The van der Waals surface area contributed by atoms with E-state index in [0.29, 0.717) is 18.9 Å². The average molecular weight is 254 g/mol. The Balaban J connectivity index is 2.27. The van der Waals surface area contributed by atoms with Gasteiger partial charge in [0.1, 0.15) is 11.4 Å². The van der Waals surface area contributed by atoms with Gasteiger partial charge in [0.05, 0.1) is 18.7 Å². The number of nitrogens with zero attached hydrogens (tertiary/aromatic N) is 1. The first-order valence-electron chi connectivity index (χ1n) is 6.15. The lowest BCUT2D eigenvalue weighted by Gasteiger charge is -2.19. The molecule has 0 saturated heterocycles. The third-order valence-electron chi connectivity index (χ3n) is 2.21. The van der Waals surface area contributed by atoms with Gasteiger partial charge in [-0.25, -0.2) is 4.98 Å². The molecule has 5 heteroatoms. The molecule has 1 unspecified atom stereocenters. The van der Waals surface area contributed by atoms with Gasteiger partial charge in [-0.2, -0.15) is 0 Å². The third kappa shape index (κ3) is 5.31. The predicted molar refractivity (Wildman–Crippen MR) is 68.1 cm³/mol. The Morgan fingerprint density at radius 2 is 2.22 bits per heavy atom. The molecule has 0 saturated carbocycles. The predicted octanol–water partition coefficient (Wildman–Crippen LogP) is 2.37. The zero-order valence-corrected chi connectivity index (χ0v) is 11.7. The Bertz CT molecular complexity index is 393. The van der Waals surface area contributed by atoms with Crippen LogP contribution in [0.25, 0.3) is 0 Å². The summed E-state index contributed by atoms with van der Waals surface area (Å²) in [4.78, 5) is 15.6. The number of aromatic nitrogens is 1. The molecule has 1 N–H and O–H groups in total. The smallest absolute Gasteiger partial charge is 0.307 e. The fourth-order valence-electron chi connectivity index (χ4n) is 1.44. The molecule has 0 aliphatic carbocycles. The Labute approximate surface area is 108 Å². The third-order valence-corrected chi connectivity index (χ3v) is 2.21. The van der Waals surface area contributed by atoms with E-state index in [2.05, 4.69) is 10.3 Å². The molecular formula is C13H22N2O3. The summed E-state index contributed by atoms with van der Waals surface area (Å²) in [6.45, 7) is 9.91. The van der Waals surface area contributed by atoms with Crippen LogP contribution in [-0.4, -0.2) is 23.1 Å². The minimum Gasteiger partial charge on any atom is -0.460 e. The Morgan fingerprint density at radius 3 is 2.72 bits per heavy atom. The monoisotopic (exact) mass is 254 g/mol. The second-order valence-electron chi connectivity index (χ2n) is 5.32. The number of hydrogen-bond donors (Lipinski definition) is 1. The lowest BCUT2D eigenvalue weighted by atomic mass is 10.2. The number of nitrogens with one attached hydrogen (secondary N) is 1. The van der Waals surface area contributed by atoms with E-state index in [1.54, 1.807) is 6.20 Å². The van der Waals surface area contributed by atoms with Gasteiger partial charge in [0.25, 0.3) is 0 Å². The lowest BCUT2D eigenvalue weighted by Crippen LogP contribution is -2.27. The molecule has 0 fully saturated rings. The molecule has 1 aromatic rings. The van der Waals surface area contributed by atoms with Crippen molar-refractivity contribution in [2.75, 3.05) is 6.54 Å². The first-order valence-corrected chi connectivity index (χ1v) is 6.15. The molecule has 5 nitrogen and oxygen atoms in total. The molecule has 1 heterocycles. The standard InChI is InChI=1S/C13H22N2O3/c1-9-8-15-12(17-9)10(2)14-7-6-11(16)18-13(3,4)5/h8,10,14H,6-7H2,1-5H3. The van der Waals surface area contributed by atoms with Gasteiger partial charge < -0.3 is 14.5 Å². The summed E-state index contributed by atoms with van der Waals surface area (Å²) < 4.78 is 10.6. The molecular weight excluding hydrogens is 232 g/mol. The average Bonchev–Trinajstić information content (AvgIpc) is 2.62. The summed E-state index contributed by atoms with van der Waals surface area (Å²) >= 11 is 0. The molecule has 1 rings (SSSR count). The zero-order valence-electron chi connectivity index (χ0n) is 11.7. The van der Waals surface area contributed by atoms with Gasteiger partial charge in [0.2, 0.25) is 5.89 Å². The summed E-state index contributed by atoms with van der Waals surface area (Å²) in [5, 5.41) is 3.17. The van der Waals surface area contributed by atoms with E-state index in [9.17, 15) is 4.79 Å². The van der Waals surface area contributed by atoms with Crippen molar-refractivity contribution in [1.82, 2.24) is 10.3 Å². The van der Waals surface area contributed by atoms with Crippen molar-refractivity contribution in [3.8, 4) is 0 Å². The number of carbonyl (C=O) groups excluding carboxylic acids is 1. The first-order chi connectivity index (χ1) is 8.28. The maximum atomic E-state index is 11.5. The second kappa shape index (κ2) is 6.00. The molecule has 1 aromatic heterocycles. The van der Waals surface area contributed by atoms with Crippen molar-refractivity contribution in [3.05, 3.63) is 17.8 Å². The van der Waals surface area contributed by atoms with E-state index in [0.717, 1.165) is 5.76 Å². The van der Waals surface area contributed by atoms with E-state index in [1.165, 1.54) is 0 Å². The van der Waals surface area contributed by atoms with Crippen LogP contribution in [0.2, 0.25) is 0 Å². The summed E-state index contributed by atoms with van der Waals surface area (Å²) in [5.41, 5.74) is -0.428. The maximum absolute atomic E-state index is 11.5. The SMILES string of the molecule is Cc1cnc(C(C)NCCC(=O)OC(C)(C)C)o1. The van der Waals surface area contributed by atoms with Crippen molar-refractivity contribution in [1.29, 1.82) is 0 Å². The highest BCUT2D eigenvalue weighted by Crippen LogP contribution is 2.12. The maximum Gasteiger partial charge on any atom is 0.307 e. The van der Waals surface area contributed by atoms with Gasteiger partial charge in [-0.3, -0.25) is 4.79 Å². The summed E-state index contributed by atoms with van der Waals surface area (Å²) in [6.07, 6.45) is 2.02. The number of aryl methyl sites for hydroxylation is 1. The first kappa shape index (κ1) is 14.7. The van der Waals surface area contributed by atoms with Crippen molar-refractivity contribution in [2.24, 2.45) is 0 Å². The molecule has 0 spiro atoms. The van der Waals surface area contributed by atoms with Crippen LogP contribution in [-0.2, 0) is 9.53 Å². The van der Waals surface area contributed by atoms with Gasteiger partial charge in [0, 0.05) is 6.54 Å². The van der Waals surface area contributed by atoms with Crippen LogP contribution < -0.4 is 5.32 Å². The number of hydrogen-bond acceptors (Lipinski definition) is 5. The van der Waals surface area contributed by atoms with Crippen LogP contribution in [0.1, 0.15) is 51.8 Å². The largest absolute Gasteiger partial charge is 0.460 e. The Hall–Kier alpha value is -1.36. The lowest BCUT2D eigenvalue weighted by molar-refractivity contribution is -0.154. The molecule has 0 aromatic carbocycles. The summed E-state index contributed by atoms with van der Waals surface area (Å²) in [6, 6.07) is -0.0128. The minimum atomic E-state index is -0.428. The van der Waals surface area contributed by atoms with Crippen molar-refractivity contribution in [2.45, 2.75) is 52.7 Å². The summed E-state index contributed by atoms with van der Waals surface area (Å²) in [7, 11) is 0. The molecule has 0 amide bonds. The highest BCUT2D eigenvalue weighted by molar-refractivity contribution is 5.70. The highest BCUT2D eigenvalue weighted by Gasteiger charge is 2.16. The summed E-state index contributed by atoms with van der Waals surface area (Å²) in [5.74, 6) is 1.22. The van der Waals surface area contributed by atoms with Crippen LogP contribution >= 0.6 is 0 Å². The number of oxazole rings is 1. The fraction of sp³-hybridized carbons (Fsp3) is 0.692. The number of ether oxygens (including phenoxy) is 1. The van der Waals surface area contributed by atoms with E-state index >= 15 is 0 Å². The molecule has 0 aliphatic heterocycles. The van der Waals surface area contributed by atoms with Crippen molar-refractivity contribution >= 4 is 5.97 Å². The van der Waals surface area contributed by atoms with E-state index in [1.807, 2.05) is 34.6 Å². The normalized spacial score (nSPS) is 13.4. The number of carbonyl (C=O) groups is 1. The van der Waals surface area contributed by atoms with E-state index < -0.39 is 5.60 Å². The van der Waals surface area contributed by atoms with E-state index in [4.69, 9.17) is 9.15 Å². The molecule has 0 radical (unpaired) electrons. The van der Waals surface area contributed by atoms with E-state index in [-0.39, 0.29) is 12.0 Å². The minimum absolute atomic E-state index is 0.0128. The molecule has 1 atom stereocenters. The quantitative estimate of drug-likeness (QED) is 0.817. The molecule has 18 heavy (non-hydrogen) atoms. The molecule has 0 bridgehead atoms. The second-order valence-corrected chi connectivity index (χ2v) is 5.32. The van der Waals surface area contributed by atoms with Crippen LogP contribution in [0.15, 0.2) is 10.6 Å². The van der Waals surface area contributed by atoms with Crippen molar-refractivity contribution < 1.29 is 13.9 Å². The van der Waals surface area contributed by atoms with Gasteiger partial charge in [-0.15, -0.1) is 0 Å². The number of rotatable bonds is 5. The van der Waals surface area contributed by atoms with Crippen molar-refractivity contribution in [3.63, 3.8) is 0 Å². The van der Waals surface area contributed by atoms with Gasteiger partial charge >= 0.3 is 5.97 Å². The topological polar surface area (TPSA) is 64.4 Å². The zero-order chi connectivity index (χ0) is 13.8. The van der Waals surface area contributed by atoms with Gasteiger partial charge in [-0.1, -0.05) is 0 Å². The van der Waals surface area contributed by atoms with Crippen LogP contribution in [0.4, 0.5) is 0 Å². The Kier molecular flexibility index (Phi) is 4.90. The number of esters is 1. The van der Waals surface area contributed by atoms with Crippen LogP contribution in [0, 0.1) is 6.92 Å². The highest BCUT2D eigenvalue weighted by atomic mass is 16.6.